The summed E-state index contributed by atoms with van der Waals surface area (Å²) in [6, 6.07) is 11.3. The summed E-state index contributed by atoms with van der Waals surface area (Å²) in [5.74, 6) is -0.377. The number of carbonyl (C=O) groups excluding carboxylic acids is 1. The lowest BCUT2D eigenvalue weighted by Crippen LogP contribution is -2.46. The molecule has 1 saturated heterocycles. The van der Waals surface area contributed by atoms with E-state index in [-0.39, 0.29) is 19.0 Å². The minimum absolute atomic E-state index is 0.107. The Labute approximate surface area is 171 Å². The molecule has 3 heterocycles. The maximum absolute atomic E-state index is 12.6. The van der Waals surface area contributed by atoms with Crippen molar-refractivity contribution in [3.63, 3.8) is 0 Å². The predicted molar refractivity (Wildman–Crippen MR) is 107 cm³/mol. The number of hydrogen-bond acceptors (Lipinski definition) is 5. The Bertz CT molecular complexity index is 1030. The number of halogens is 3. The average molecular weight is 415 g/mol. The molecule has 0 bridgehead atoms. The van der Waals surface area contributed by atoms with Crippen molar-refractivity contribution in [3.05, 3.63) is 48.8 Å². The minimum atomic E-state index is -4.81. The number of amides is 1. The molecule has 0 saturated carbocycles. The Kier molecular flexibility index (Phi) is 5.52. The molecule has 1 amide bonds. The fourth-order valence-electron chi connectivity index (χ4n) is 3.60. The number of benzene rings is 1. The van der Waals surface area contributed by atoms with Gasteiger partial charge in [0.2, 0.25) is 0 Å². The maximum atomic E-state index is 12.6. The van der Waals surface area contributed by atoms with Gasteiger partial charge in [-0.2, -0.15) is 13.2 Å². The number of rotatable bonds is 4. The van der Waals surface area contributed by atoms with Crippen LogP contribution in [0, 0.1) is 5.92 Å². The molecule has 0 atom stereocenters. The van der Waals surface area contributed by atoms with E-state index in [1.807, 2.05) is 36.4 Å². The second-order valence-corrected chi connectivity index (χ2v) is 7.27. The number of likely N-dealkylation sites (tertiary alicyclic amines) is 1. The highest BCUT2D eigenvalue weighted by molar-refractivity contribution is 5.90. The highest BCUT2D eigenvalue weighted by atomic mass is 19.4. The Morgan fingerprint density at radius 3 is 2.57 bits per heavy atom. The molecular weight excluding hydrogens is 395 g/mol. The van der Waals surface area contributed by atoms with Crippen molar-refractivity contribution >= 4 is 22.6 Å². The molecule has 1 N–H and O–H groups in total. The molecule has 2 aromatic heterocycles. The lowest BCUT2D eigenvalue weighted by Gasteiger charge is -2.32. The largest absolute Gasteiger partial charge is 0.471 e. The molecule has 0 unspecified atom stereocenters. The molecule has 6 nitrogen and oxygen atoms in total. The van der Waals surface area contributed by atoms with Crippen molar-refractivity contribution in [2.75, 3.05) is 25.0 Å². The van der Waals surface area contributed by atoms with E-state index in [1.165, 1.54) is 0 Å². The Balaban J connectivity index is 1.47. The number of hydrogen-bond donors (Lipinski definition) is 1. The van der Waals surface area contributed by atoms with Gasteiger partial charge in [0.15, 0.2) is 5.82 Å². The third-order valence-corrected chi connectivity index (χ3v) is 5.23. The van der Waals surface area contributed by atoms with Crippen LogP contribution in [-0.2, 0) is 4.79 Å². The highest BCUT2D eigenvalue weighted by Crippen LogP contribution is 2.27. The molecular formula is C21H20F3N5O. The molecule has 1 aromatic carbocycles. The number of fused-ring (bicyclic) bond motifs is 1. The van der Waals surface area contributed by atoms with E-state index >= 15 is 0 Å². The average Bonchev–Trinajstić information content (AvgIpc) is 2.77. The van der Waals surface area contributed by atoms with Crippen LogP contribution in [0.2, 0.25) is 0 Å². The van der Waals surface area contributed by atoms with E-state index in [4.69, 9.17) is 0 Å². The van der Waals surface area contributed by atoms with Crippen LogP contribution < -0.4 is 5.32 Å². The van der Waals surface area contributed by atoms with Crippen molar-refractivity contribution in [1.29, 1.82) is 0 Å². The number of nitrogens with zero attached hydrogens (tertiary/aromatic N) is 4. The van der Waals surface area contributed by atoms with Gasteiger partial charge in [0.25, 0.3) is 0 Å². The Morgan fingerprint density at radius 1 is 1.10 bits per heavy atom. The molecule has 0 radical (unpaired) electrons. The van der Waals surface area contributed by atoms with Crippen molar-refractivity contribution in [2.45, 2.75) is 19.0 Å². The number of carbonyl (C=O) groups is 1. The van der Waals surface area contributed by atoms with Crippen LogP contribution in [0.25, 0.3) is 22.3 Å². The van der Waals surface area contributed by atoms with Crippen molar-refractivity contribution in [3.8, 4) is 11.4 Å². The highest BCUT2D eigenvalue weighted by Gasteiger charge is 2.43. The summed E-state index contributed by atoms with van der Waals surface area (Å²) >= 11 is 0. The molecule has 4 rings (SSSR count). The van der Waals surface area contributed by atoms with Crippen LogP contribution in [0.5, 0.6) is 0 Å². The standard InChI is InChI=1S/C21H20F3N5O/c22-21(23,24)20(30)29-10-7-14(8-11-29)12-26-19-16-5-1-2-6-17(16)27-18(28-19)15-4-3-9-25-13-15/h1-6,9,13-14H,7-8,10-12H2,(H,26,27,28). The topological polar surface area (TPSA) is 71.0 Å². The monoisotopic (exact) mass is 415 g/mol. The van der Waals surface area contributed by atoms with E-state index in [0.29, 0.717) is 31.0 Å². The van der Waals surface area contributed by atoms with Gasteiger partial charge in [0.05, 0.1) is 5.52 Å². The van der Waals surface area contributed by atoms with Crippen LogP contribution in [0.1, 0.15) is 12.8 Å². The van der Waals surface area contributed by atoms with Crippen LogP contribution in [0.15, 0.2) is 48.8 Å². The van der Waals surface area contributed by atoms with Gasteiger partial charge in [-0.25, -0.2) is 9.97 Å². The van der Waals surface area contributed by atoms with Gasteiger partial charge in [-0.15, -0.1) is 0 Å². The first-order valence-corrected chi connectivity index (χ1v) is 9.69. The van der Waals surface area contributed by atoms with Crippen LogP contribution in [0.4, 0.5) is 19.0 Å². The molecule has 30 heavy (non-hydrogen) atoms. The summed E-state index contributed by atoms with van der Waals surface area (Å²) in [5, 5.41) is 4.21. The normalized spacial score (nSPS) is 15.4. The van der Waals surface area contributed by atoms with Crippen LogP contribution >= 0.6 is 0 Å². The first-order valence-electron chi connectivity index (χ1n) is 9.69. The summed E-state index contributed by atoms with van der Waals surface area (Å²) in [6.07, 6.45) is -0.422. The molecule has 0 spiro atoms. The van der Waals surface area contributed by atoms with Crippen molar-refractivity contribution in [2.24, 2.45) is 5.92 Å². The summed E-state index contributed by atoms with van der Waals surface area (Å²) in [5.41, 5.74) is 1.59. The fraction of sp³-hybridized carbons (Fsp3) is 0.333. The van der Waals surface area contributed by atoms with Gasteiger partial charge in [-0.05, 0) is 43.0 Å². The van der Waals surface area contributed by atoms with Crippen LogP contribution in [-0.4, -0.2) is 51.6 Å². The van der Waals surface area contributed by atoms with E-state index in [9.17, 15) is 18.0 Å². The molecule has 1 fully saturated rings. The summed E-state index contributed by atoms with van der Waals surface area (Å²) < 4.78 is 37.8. The van der Waals surface area contributed by atoms with Gasteiger partial charge in [0.1, 0.15) is 5.82 Å². The zero-order valence-corrected chi connectivity index (χ0v) is 16.1. The summed E-state index contributed by atoms with van der Waals surface area (Å²) in [4.78, 5) is 25.7. The second-order valence-electron chi connectivity index (χ2n) is 7.27. The number of piperidine rings is 1. The first kappa shape index (κ1) is 20.1. The third kappa shape index (κ3) is 4.34. The number of nitrogens with one attached hydrogen (secondary N) is 1. The maximum Gasteiger partial charge on any atom is 0.471 e. The van der Waals surface area contributed by atoms with Crippen molar-refractivity contribution in [1.82, 2.24) is 19.9 Å². The van der Waals surface area contributed by atoms with E-state index < -0.39 is 12.1 Å². The SMILES string of the molecule is O=C(N1CCC(CNc2nc(-c3cccnc3)nc3ccccc23)CC1)C(F)(F)F. The quantitative estimate of drug-likeness (QED) is 0.700. The van der Waals surface area contributed by atoms with Crippen molar-refractivity contribution < 1.29 is 18.0 Å². The lowest BCUT2D eigenvalue weighted by atomic mass is 9.96. The van der Waals surface area contributed by atoms with Gasteiger partial charge >= 0.3 is 12.1 Å². The summed E-state index contributed by atoms with van der Waals surface area (Å²) in [7, 11) is 0. The van der Waals surface area contributed by atoms with E-state index in [0.717, 1.165) is 21.4 Å². The van der Waals surface area contributed by atoms with E-state index in [1.54, 1.807) is 12.4 Å². The lowest BCUT2D eigenvalue weighted by molar-refractivity contribution is -0.186. The van der Waals surface area contributed by atoms with Gasteiger partial charge in [-0.3, -0.25) is 9.78 Å². The van der Waals surface area contributed by atoms with Gasteiger partial charge in [-0.1, -0.05) is 12.1 Å². The second kappa shape index (κ2) is 8.25. The van der Waals surface area contributed by atoms with E-state index in [2.05, 4.69) is 20.3 Å². The number of alkyl halides is 3. The number of pyridine rings is 1. The third-order valence-electron chi connectivity index (χ3n) is 5.23. The first-order chi connectivity index (χ1) is 14.4. The van der Waals surface area contributed by atoms with Crippen LogP contribution in [0.3, 0.4) is 0 Å². The Hall–Kier alpha value is -3.23. The molecule has 0 aliphatic carbocycles. The molecule has 1 aliphatic rings. The fourth-order valence-corrected chi connectivity index (χ4v) is 3.60. The molecule has 156 valence electrons. The zero-order chi connectivity index (χ0) is 21.1. The molecule has 3 aromatic rings. The smallest absolute Gasteiger partial charge is 0.369 e. The zero-order valence-electron chi connectivity index (χ0n) is 16.1. The molecule has 1 aliphatic heterocycles. The van der Waals surface area contributed by atoms with Gasteiger partial charge in [0, 0.05) is 43.0 Å². The predicted octanol–water partition coefficient (Wildman–Crippen LogP) is 3.90. The number of para-hydroxylation sites is 1. The Morgan fingerprint density at radius 2 is 1.87 bits per heavy atom. The number of aromatic nitrogens is 3. The number of anilines is 1. The summed E-state index contributed by atoms with van der Waals surface area (Å²) in [6.45, 7) is 0.772. The minimum Gasteiger partial charge on any atom is -0.369 e. The molecule has 9 heteroatoms. The van der Waals surface area contributed by atoms with Gasteiger partial charge < -0.3 is 10.2 Å².